The molecule has 0 aliphatic rings. The second-order valence-corrected chi connectivity index (χ2v) is 6.31. The molecule has 0 aliphatic carbocycles. The lowest BCUT2D eigenvalue weighted by Gasteiger charge is -2.10. The summed E-state index contributed by atoms with van der Waals surface area (Å²) >= 11 is 0. The van der Waals surface area contributed by atoms with Crippen LogP contribution in [-0.4, -0.2) is 28.3 Å². The number of urea groups is 1. The molecule has 1 aromatic carbocycles. The van der Waals surface area contributed by atoms with Gasteiger partial charge in [0.25, 0.3) is 5.91 Å². The summed E-state index contributed by atoms with van der Waals surface area (Å²) in [6.07, 6.45) is 3.41. The first-order valence-electron chi connectivity index (χ1n) is 8.38. The number of rotatable bonds is 6. The van der Waals surface area contributed by atoms with E-state index in [1.807, 2.05) is 13.8 Å². The highest BCUT2D eigenvalue weighted by Gasteiger charge is 2.10. The Balaban J connectivity index is 1.98. The minimum Gasteiger partial charge on any atom is -0.352 e. The predicted octanol–water partition coefficient (Wildman–Crippen LogP) is 3.24. The van der Waals surface area contributed by atoms with Crippen LogP contribution in [0.25, 0.3) is 0 Å². The van der Waals surface area contributed by atoms with Crippen molar-refractivity contribution >= 4 is 23.3 Å². The highest BCUT2D eigenvalue weighted by atomic mass is 16.2. The monoisotopic (exact) mass is 343 g/mol. The van der Waals surface area contributed by atoms with E-state index in [-0.39, 0.29) is 11.9 Å². The first-order valence-corrected chi connectivity index (χ1v) is 8.38. The number of anilines is 2. The first-order chi connectivity index (χ1) is 11.9. The van der Waals surface area contributed by atoms with Gasteiger partial charge in [-0.15, -0.1) is 0 Å². The number of hydrogen-bond donors (Lipinski definition) is 3. The number of nitrogens with one attached hydrogen (secondary N) is 3. The van der Waals surface area contributed by atoms with Gasteiger partial charge in [-0.2, -0.15) is 5.10 Å². The van der Waals surface area contributed by atoms with Crippen molar-refractivity contribution in [2.45, 2.75) is 34.2 Å². The van der Waals surface area contributed by atoms with Crippen molar-refractivity contribution in [3.63, 3.8) is 0 Å². The zero-order valence-electron chi connectivity index (χ0n) is 15.1. The highest BCUT2D eigenvalue weighted by molar-refractivity contribution is 6.01. The van der Waals surface area contributed by atoms with Crippen LogP contribution in [0.4, 0.5) is 16.2 Å². The fraction of sp³-hybridized carbons (Fsp3) is 0.389. The smallest absolute Gasteiger partial charge is 0.323 e. The number of amides is 3. The summed E-state index contributed by atoms with van der Waals surface area (Å²) in [6.45, 7) is 9.30. The molecule has 0 aliphatic heterocycles. The number of carbonyl (C=O) groups excluding carboxylic acids is 2. The van der Waals surface area contributed by atoms with Gasteiger partial charge in [0, 0.05) is 30.5 Å². The summed E-state index contributed by atoms with van der Waals surface area (Å²) in [5.74, 6) is 0.354. The van der Waals surface area contributed by atoms with Gasteiger partial charge in [0.1, 0.15) is 0 Å². The minimum absolute atomic E-state index is 0.126. The van der Waals surface area contributed by atoms with E-state index in [9.17, 15) is 9.59 Å². The van der Waals surface area contributed by atoms with E-state index >= 15 is 0 Å². The minimum atomic E-state index is -0.349. The molecule has 25 heavy (non-hydrogen) atoms. The second-order valence-electron chi connectivity index (χ2n) is 6.31. The SMILES string of the molecule is CCNC(=O)c1ccc(NC(=O)Nc2cnn(CC(C)C)c2)c(C)c1. The Morgan fingerprint density at radius 1 is 1.24 bits per heavy atom. The van der Waals surface area contributed by atoms with Gasteiger partial charge >= 0.3 is 6.03 Å². The van der Waals surface area contributed by atoms with Crippen molar-refractivity contribution in [1.82, 2.24) is 15.1 Å². The molecule has 7 heteroatoms. The van der Waals surface area contributed by atoms with Gasteiger partial charge in [-0.05, 0) is 43.5 Å². The van der Waals surface area contributed by atoms with E-state index < -0.39 is 0 Å². The van der Waals surface area contributed by atoms with Crippen LogP contribution in [0.1, 0.15) is 36.7 Å². The van der Waals surface area contributed by atoms with Gasteiger partial charge in [-0.3, -0.25) is 9.48 Å². The molecule has 7 nitrogen and oxygen atoms in total. The topological polar surface area (TPSA) is 88.1 Å². The average Bonchev–Trinajstić information content (AvgIpc) is 2.95. The largest absolute Gasteiger partial charge is 0.352 e. The van der Waals surface area contributed by atoms with E-state index in [1.54, 1.807) is 35.3 Å². The van der Waals surface area contributed by atoms with Crippen LogP contribution < -0.4 is 16.0 Å². The lowest BCUT2D eigenvalue weighted by atomic mass is 10.1. The van der Waals surface area contributed by atoms with Gasteiger partial charge in [-0.1, -0.05) is 13.8 Å². The van der Waals surface area contributed by atoms with Gasteiger partial charge < -0.3 is 16.0 Å². The molecular weight excluding hydrogens is 318 g/mol. The molecular formula is C18H25N5O2. The number of benzene rings is 1. The van der Waals surface area contributed by atoms with Crippen molar-refractivity contribution in [1.29, 1.82) is 0 Å². The van der Waals surface area contributed by atoms with Crippen LogP contribution in [0.15, 0.2) is 30.6 Å². The standard InChI is InChI=1S/C18H25N5O2/c1-5-19-17(24)14-6-7-16(13(4)8-14)22-18(25)21-15-9-20-23(11-15)10-12(2)3/h6-9,11-12H,5,10H2,1-4H3,(H,19,24)(H2,21,22,25). The van der Waals surface area contributed by atoms with E-state index in [4.69, 9.17) is 0 Å². The third-order valence-corrected chi connectivity index (χ3v) is 3.52. The molecule has 0 saturated carbocycles. The fourth-order valence-electron chi connectivity index (χ4n) is 2.39. The van der Waals surface area contributed by atoms with Gasteiger partial charge in [-0.25, -0.2) is 4.79 Å². The van der Waals surface area contributed by atoms with E-state index in [0.29, 0.717) is 29.4 Å². The van der Waals surface area contributed by atoms with Gasteiger partial charge in [0.15, 0.2) is 0 Å². The molecule has 3 amide bonds. The molecule has 1 heterocycles. The predicted molar refractivity (Wildman–Crippen MR) is 98.9 cm³/mol. The zero-order valence-corrected chi connectivity index (χ0v) is 15.1. The Morgan fingerprint density at radius 2 is 2.00 bits per heavy atom. The highest BCUT2D eigenvalue weighted by Crippen LogP contribution is 2.17. The van der Waals surface area contributed by atoms with Crippen LogP contribution in [0.3, 0.4) is 0 Å². The quantitative estimate of drug-likeness (QED) is 0.752. The Labute approximate surface area is 147 Å². The maximum absolute atomic E-state index is 12.1. The average molecular weight is 343 g/mol. The van der Waals surface area contributed by atoms with Crippen molar-refractivity contribution in [3.05, 3.63) is 41.7 Å². The Bertz CT molecular complexity index is 752. The molecule has 0 atom stereocenters. The van der Waals surface area contributed by atoms with Crippen LogP contribution in [0, 0.1) is 12.8 Å². The lowest BCUT2D eigenvalue weighted by Crippen LogP contribution is -2.23. The maximum atomic E-state index is 12.1. The van der Waals surface area contributed by atoms with Crippen molar-refractivity contribution in [2.75, 3.05) is 17.2 Å². The molecule has 0 spiro atoms. The number of aromatic nitrogens is 2. The molecule has 3 N–H and O–H groups in total. The fourth-order valence-corrected chi connectivity index (χ4v) is 2.39. The van der Waals surface area contributed by atoms with Crippen molar-refractivity contribution in [3.8, 4) is 0 Å². The van der Waals surface area contributed by atoms with Crippen LogP contribution in [-0.2, 0) is 6.54 Å². The number of nitrogens with zero attached hydrogens (tertiary/aromatic N) is 2. The molecule has 0 unspecified atom stereocenters. The Morgan fingerprint density at radius 3 is 2.64 bits per heavy atom. The lowest BCUT2D eigenvalue weighted by molar-refractivity contribution is 0.0955. The molecule has 0 saturated heterocycles. The third kappa shape index (κ3) is 5.34. The van der Waals surface area contributed by atoms with E-state index in [2.05, 4.69) is 34.9 Å². The second kappa shape index (κ2) is 8.32. The van der Waals surface area contributed by atoms with Crippen molar-refractivity contribution < 1.29 is 9.59 Å². The molecule has 0 radical (unpaired) electrons. The summed E-state index contributed by atoms with van der Waals surface area (Å²) in [5.41, 5.74) is 2.67. The summed E-state index contributed by atoms with van der Waals surface area (Å²) in [4.78, 5) is 24.0. The molecule has 2 rings (SSSR count). The number of aryl methyl sites for hydroxylation is 1. The molecule has 2 aromatic rings. The summed E-state index contributed by atoms with van der Waals surface area (Å²) in [7, 11) is 0. The summed E-state index contributed by atoms with van der Waals surface area (Å²) in [6, 6.07) is 4.81. The van der Waals surface area contributed by atoms with Crippen molar-refractivity contribution in [2.24, 2.45) is 5.92 Å². The maximum Gasteiger partial charge on any atom is 0.323 e. The third-order valence-electron chi connectivity index (χ3n) is 3.52. The van der Waals surface area contributed by atoms with E-state index in [1.165, 1.54) is 0 Å². The van der Waals surface area contributed by atoms with Crippen LogP contribution >= 0.6 is 0 Å². The normalized spacial score (nSPS) is 10.6. The molecule has 1 aromatic heterocycles. The molecule has 134 valence electrons. The number of carbonyl (C=O) groups is 2. The van der Waals surface area contributed by atoms with E-state index in [0.717, 1.165) is 12.1 Å². The molecule has 0 fully saturated rings. The van der Waals surface area contributed by atoms with Crippen LogP contribution in [0.2, 0.25) is 0 Å². The first kappa shape index (κ1) is 18.5. The van der Waals surface area contributed by atoms with Gasteiger partial charge in [0.2, 0.25) is 0 Å². The summed E-state index contributed by atoms with van der Waals surface area (Å²) < 4.78 is 1.80. The number of hydrogen-bond acceptors (Lipinski definition) is 3. The summed E-state index contributed by atoms with van der Waals surface area (Å²) in [5, 5.41) is 12.5. The van der Waals surface area contributed by atoms with Gasteiger partial charge in [0.05, 0.1) is 11.9 Å². The Hall–Kier alpha value is -2.83. The molecule has 0 bridgehead atoms. The Kier molecular flexibility index (Phi) is 6.16. The van der Waals surface area contributed by atoms with Crippen LogP contribution in [0.5, 0.6) is 0 Å². The zero-order chi connectivity index (χ0) is 18.4.